The molecule has 1 unspecified atom stereocenters. The molecule has 0 saturated heterocycles. The van der Waals surface area contributed by atoms with Crippen LogP contribution in [0.15, 0.2) is 18.2 Å². The average molecular weight is 218 g/mol. The van der Waals surface area contributed by atoms with E-state index in [1.54, 1.807) is 0 Å². The zero-order valence-corrected chi connectivity index (χ0v) is 7.96. The number of nitrogens with two attached hydrogens (primary N) is 1. The molecule has 0 aromatic heterocycles. The first-order valence-electron chi connectivity index (χ1n) is 3.94. The molecule has 0 amide bonds. The van der Waals surface area contributed by atoms with Crippen LogP contribution < -0.4 is 5.73 Å². The maximum Gasteiger partial charge on any atom is 0.312 e. The second kappa shape index (κ2) is 4.39. The standard InChI is InChI=1S/C9H9ClFNO2/c10-6-2-1-3-7(11)8(6)5(4-12)9(13)14/h1-3,5H,4,12H2,(H,13,14). The van der Waals surface area contributed by atoms with Gasteiger partial charge in [-0.25, -0.2) is 4.39 Å². The first kappa shape index (κ1) is 10.9. The summed E-state index contributed by atoms with van der Waals surface area (Å²) in [4.78, 5) is 10.7. The van der Waals surface area contributed by atoms with Crippen molar-refractivity contribution in [2.24, 2.45) is 5.73 Å². The van der Waals surface area contributed by atoms with Gasteiger partial charge in [0.2, 0.25) is 0 Å². The predicted octanol–water partition coefficient (Wildman–Crippen LogP) is 1.61. The fourth-order valence-electron chi connectivity index (χ4n) is 1.19. The molecule has 1 aromatic carbocycles. The van der Waals surface area contributed by atoms with Gasteiger partial charge in [0, 0.05) is 17.1 Å². The van der Waals surface area contributed by atoms with Gasteiger partial charge in [-0.15, -0.1) is 0 Å². The number of hydrogen-bond donors (Lipinski definition) is 2. The van der Waals surface area contributed by atoms with E-state index in [-0.39, 0.29) is 17.1 Å². The molecule has 1 rings (SSSR count). The smallest absolute Gasteiger partial charge is 0.312 e. The second-order valence-corrected chi connectivity index (χ2v) is 3.17. The van der Waals surface area contributed by atoms with Crippen LogP contribution in [0.1, 0.15) is 11.5 Å². The van der Waals surface area contributed by atoms with Gasteiger partial charge in [0.05, 0.1) is 5.92 Å². The second-order valence-electron chi connectivity index (χ2n) is 2.76. The molecule has 5 heteroatoms. The highest BCUT2D eigenvalue weighted by Gasteiger charge is 2.23. The van der Waals surface area contributed by atoms with E-state index in [2.05, 4.69) is 0 Å². The quantitative estimate of drug-likeness (QED) is 0.809. The topological polar surface area (TPSA) is 63.3 Å². The number of hydrogen-bond acceptors (Lipinski definition) is 2. The van der Waals surface area contributed by atoms with Crippen molar-refractivity contribution in [2.45, 2.75) is 5.92 Å². The van der Waals surface area contributed by atoms with Crippen LogP contribution in [0, 0.1) is 5.82 Å². The number of rotatable bonds is 3. The van der Waals surface area contributed by atoms with Gasteiger partial charge < -0.3 is 10.8 Å². The largest absolute Gasteiger partial charge is 0.481 e. The third-order valence-electron chi connectivity index (χ3n) is 1.88. The molecule has 3 nitrogen and oxygen atoms in total. The molecule has 0 spiro atoms. The Labute approximate surface area is 85.3 Å². The molecule has 0 saturated carbocycles. The van der Waals surface area contributed by atoms with Crippen molar-refractivity contribution >= 4 is 17.6 Å². The van der Waals surface area contributed by atoms with Crippen LogP contribution in [0.2, 0.25) is 5.02 Å². The summed E-state index contributed by atoms with van der Waals surface area (Å²) >= 11 is 5.69. The van der Waals surface area contributed by atoms with Gasteiger partial charge in [-0.1, -0.05) is 17.7 Å². The van der Waals surface area contributed by atoms with Crippen molar-refractivity contribution in [3.8, 4) is 0 Å². The SMILES string of the molecule is NCC(C(=O)O)c1c(F)cccc1Cl. The summed E-state index contributed by atoms with van der Waals surface area (Å²) in [5.74, 6) is -2.92. The fraction of sp³-hybridized carbons (Fsp3) is 0.222. The van der Waals surface area contributed by atoms with Gasteiger partial charge in [0.15, 0.2) is 0 Å². The Kier molecular flexibility index (Phi) is 3.43. The highest BCUT2D eigenvalue weighted by molar-refractivity contribution is 6.31. The van der Waals surface area contributed by atoms with Crippen LogP contribution in [0.4, 0.5) is 4.39 Å². The van der Waals surface area contributed by atoms with Crippen molar-refractivity contribution in [1.29, 1.82) is 0 Å². The third kappa shape index (κ3) is 2.02. The van der Waals surface area contributed by atoms with E-state index in [1.165, 1.54) is 12.1 Å². The van der Waals surface area contributed by atoms with Crippen molar-refractivity contribution in [2.75, 3.05) is 6.54 Å². The summed E-state index contributed by atoms with van der Waals surface area (Å²) in [6.45, 7) is -0.185. The van der Waals surface area contributed by atoms with E-state index in [4.69, 9.17) is 22.4 Å². The highest BCUT2D eigenvalue weighted by atomic mass is 35.5. The Morgan fingerprint density at radius 1 is 1.64 bits per heavy atom. The maximum absolute atomic E-state index is 13.2. The summed E-state index contributed by atoms with van der Waals surface area (Å²) < 4.78 is 13.2. The lowest BCUT2D eigenvalue weighted by Crippen LogP contribution is -2.22. The van der Waals surface area contributed by atoms with Gasteiger partial charge in [-0.3, -0.25) is 4.79 Å². The van der Waals surface area contributed by atoms with Gasteiger partial charge in [0.25, 0.3) is 0 Å². The first-order valence-corrected chi connectivity index (χ1v) is 4.32. The molecule has 0 bridgehead atoms. The lowest BCUT2D eigenvalue weighted by molar-refractivity contribution is -0.138. The summed E-state index contributed by atoms with van der Waals surface area (Å²) in [7, 11) is 0. The van der Waals surface area contributed by atoms with Gasteiger partial charge in [0.1, 0.15) is 5.82 Å². The van der Waals surface area contributed by atoms with Crippen molar-refractivity contribution in [3.05, 3.63) is 34.6 Å². The minimum atomic E-state index is -1.18. The van der Waals surface area contributed by atoms with Gasteiger partial charge in [-0.05, 0) is 12.1 Å². The van der Waals surface area contributed by atoms with Crippen molar-refractivity contribution < 1.29 is 14.3 Å². The fourth-order valence-corrected chi connectivity index (χ4v) is 1.48. The van der Waals surface area contributed by atoms with Crippen molar-refractivity contribution in [3.63, 3.8) is 0 Å². The molecule has 0 fully saturated rings. The van der Waals surface area contributed by atoms with E-state index >= 15 is 0 Å². The minimum Gasteiger partial charge on any atom is -0.481 e. The Morgan fingerprint density at radius 3 is 2.71 bits per heavy atom. The molecule has 3 N–H and O–H groups in total. The molecule has 0 aliphatic carbocycles. The first-order chi connectivity index (χ1) is 6.57. The van der Waals surface area contributed by atoms with Crippen molar-refractivity contribution in [1.82, 2.24) is 0 Å². The number of carboxylic acids is 1. The summed E-state index contributed by atoms with van der Waals surface area (Å²) in [6, 6.07) is 4.01. The zero-order valence-electron chi connectivity index (χ0n) is 7.21. The number of halogens is 2. The highest BCUT2D eigenvalue weighted by Crippen LogP contribution is 2.26. The van der Waals surface area contributed by atoms with Crippen LogP contribution in [0.25, 0.3) is 0 Å². The lowest BCUT2D eigenvalue weighted by Gasteiger charge is -2.12. The normalized spacial score (nSPS) is 12.5. The number of carboxylic acid groups (broad SMARTS) is 1. The molecular weight excluding hydrogens is 209 g/mol. The molecule has 1 aromatic rings. The van der Waals surface area contributed by atoms with E-state index in [0.29, 0.717) is 0 Å². The lowest BCUT2D eigenvalue weighted by atomic mass is 9.99. The van der Waals surface area contributed by atoms with E-state index in [9.17, 15) is 9.18 Å². The molecule has 14 heavy (non-hydrogen) atoms. The Hall–Kier alpha value is -1.13. The van der Waals surface area contributed by atoms with Gasteiger partial charge in [-0.2, -0.15) is 0 Å². The predicted molar refractivity (Wildman–Crippen MR) is 50.8 cm³/mol. The minimum absolute atomic E-state index is 0.0517. The molecule has 0 aliphatic heterocycles. The summed E-state index contributed by atoms with van der Waals surface area (Å²) in [5, 5.41) is 8.86. The monoisotopic (exact) mass is 217 g/mol. The van der Waals surface area contributed by atoms with Crippen LogP contribution in [-0.2, 0) is 4.79 Å². The van der Waals surface area contributed by atoms with Crippen LogP contribution in [0.3, 0.4) is 0 Å². The molecule has 0 heterocycles. The molecule has 0 radical (unpaired) electrons. The Morgan fingerprint density at radius 2 is 2.29 bits per heavy atom. The van der Waals surface area contributed by atoms with Crippen LogP contribution in [0.5, 0.6) is 0 Å². The van der Waals surface area contributed by atoms with Crippen LogP contribution in [-0.4, -0.2) is 17.6 Å². The Bertz CT molecular complexity index is 336. The number of benzene rings is 1. The van der Waals surface area contributed by atoms with Crippen LogP contribution >= 0.6 is 11.6 Å². The van der Waals surface area contributed by atoms with E-state index in [0.717, 1.165) is 6.07 Å². The van der Waals surface area contributed by atoms with E-state index in [1.807, 2.05) is 0 Å². The van der Waals surface area contributed by atoms with Gasteiger partial charge >= 0.3 is 5.97 Å². The zero-order chi connectivity index (χ0) is 10.7. The summed E-state index contributed by atoms with van der Waals surface area (Å²) in [5.41, 5.74) is 5.19. The number of carbonyl (C=O) groups is 1. The molecule has 0 aliphatic rings. The molecule has 76 valence electrons. The molecule has 1 atom stereocenters. The summed E-state index contributed by atoms with van der Waals surface area (Å²) in [6.07, 6.45) is 0. The number of aliphatic carboxylic acids is 1. The third-order valence-corrected chi connectivity index (χ3v) is 2.21. The Balaban J connectivity index is 3.22. The molecular formula is C9H9ClFNO2. The maximum atomic E-state index is 13.2. The van der Waals surface area contributed by atoms with E-state index < -0.39 is 17.7 Å². The average Bonchev–Trinajstić information content (AvgIpc) is 2.10.